The van der Waals surface area contributed by atoms with Crippen LogP contribution in [0.2, 0.25) is 0 Å². The molecule has 19 heavy (non-hydrogen) atoms. The third kappa shape index (κ3) is 5.37. The largest absolute Gasteiger partial charge is 0.444 e. The van der Waals surface area contributed by atoms with Crippen LogP contribution in [-0.4, -0.2) is 53.5 Å². The van der Waals surface area contributed by atoms with Crippen molar-refractivity contribution in [3.63, 3.8) is 0 Å². The second-order valence-electron chi connectivity index (χ2n) is 6.64. The van der Waals surface area contributed by atoms with Gasteiger partial charge in [-0.05, 0) is 33.1 Å². The summed E-state index contributed by atoms with van der Waals surface area (Å²) in [7, 11) is 0. The van der Waals surface area contributed by atoms with Gasteiger partial charge in [0.2, 0.25) is 0 Å². The summed E-state index contributed by atoms with van der Waals surface area (Å²) in [6, 6.07) is -0.176. The molecule has 0 saturated carbocycles. The predicted molar refractivity (Wildman–Crippen MR) is 75.1 cm³/mol. The van der Waals surface area contributed by atoms with E-state index in [-0.39, 0.29) is 12.1 Å². The van der Waals surface area contributed by atoms with Gasteiger partial charge >= 0.3 is 6.09 Å². The Morgan fingerprint density at radius 1 is 1.47 bits per heavy atom. The molecule has 1 amide bonds. The molecule has 1 heterocycles. The molecule has 112 valence electrons. The Morgan fingerprint density at radius 2 is 2.11 bits per heavy atom. The smallest absolute Gasteiger partial charge is 0.410 e. The lowest BCUT2D eigenvalue weighted by Gasteiger charge is -2.34. The highest BCUT2D eigenvalue weighted by molar-refractivity contribution is 5.68. The van der Waals surface area contributed by atoms with Crippen LogP contribution in [0.15, 0.2) is 0 Å². The minimum Gasteiger partial charge on any atom is -0.444 e. The van der Waals surface area contributed by atoms with E-state index < -0.39 is 11.7 Å². The summed E-state index contributed by atoms with van der Waals surface area (Å²) in [5.74, 6) is 0.419. The van der Waals surface area contributed by atoms with Crippen molar-refractivity contribution in [2.24, 2.45) is 5.92 Å². The van der Waals surface area contributed by atoms with E-state index in [0.29, 0.717) is 25.6 Å². The number of amides is 1. The number of aliphatic hydroxyl groups is 1. The van der Waals surface area contributed by atoms with Crippen molar-refractivity contribution in [1.29, 1.82) is 0 Å². The van der Waals surface area contributed by atoms with Gasteiger partial charge in [0.25, 0.3) is 0 Å². The van der Waals surface area contributed by atoms with Crippen LogP contribution >= 0.6 is 0 Å². The van der Waals surface area contributed by atoms with E-state index in [9.17, 15) is 9.90 Å². The van der Waals surface area contributed by atoms with Gasteiger partial charge in [-0.1, -0.05) is 13.8 Å². The maximum atomic E-state index is 12.3. The molecule has 1 fully saturated rings. The van der Waals surface area contributed by atoms with Crippen molar-refractivity contribution >= 4 is 6.09 Å². The van der Waals surface area contributed by atoms with E-state index in [1.165, 1.54) is 0 Å². The number of hydrogen-bond donors (Lipinski definition) is 2. The van der Waals surface area contributed by atoms with Crippen LogP contribution < -0.4 is 5.32 Å². The van der Waals surface area contributed by atoms with Gasteiger partial charge in [-0.25, -0.2) is 4.79 Å². The van der Waals surface area contributed by atoms with Crippen molar-refractivity contribution in [1.82, 2.24) is 10.2 Å². The number of rotatable bonds is 2. The van der Waals surface area contributed by atoms with Gasteiger partial charge in [-0.2, -0.15) is 0 Å². The van der Waals surface area contributed by atoms with Crippen LogP contribution in [0.1, 0.15) is 41.0 Å². The van der Waals surface area contributed by atoms with Crippen LogP contribution in [0.5, 0.6) is 0 Å². The van der Waals surface area contributed by atoms with Crippen LogP contribution in [0.25, 0.3) is 0 Å². The number of carbonyl (C=O) groups is 1. The molecule has 0 radical (unpaired) electrons. The standard InChI is InChI=1S/C14H28N2O3/c1-10(2)8-11-12(17)9-15-6-7-16(11)13(18)19-14(3,4)5/h10-12,15,17H,6-9H2,1-5H3/t11-,12+/m0/s1. The van der Waals surface area contributed by atoms with E-state index in [1.807, 2.05) is 20.8 Å². The quantitative estimate of drug-likeness (QED) is 0.801. The molecule has 0 aromatic carbocycles. The first-order valence-corrected chi connectivity index (χ1v) is 7.09. The number of aliphatic hydroxyl groups excluding tert-OH is 1. The highest BCUT2D eigenvalue weighted by Crippen LogP contribution is 2.20. The second kappa shape index (κ2) is 6.57. The van der Waals surface area contributed by atoms with E-state index in [2.05, 4.69) is 19.2 Å². The lowest BCUT2D eigenvalue weighted by Crippen LogP contribution is -2.49. The molecule has 1 rings (SSSR count). The molecule has 0 unspecified atom stereocenters. The van der Waals surface area contributed by atoms with Gasteiger partial charge < -0.3 is 20.1 Å². The molecule has 5 nitrogen and oxygen atoms in total. The summed E-state index contributed by atoms with van der Waals surface area (Å²) < 4.78 is 5.44. The molecule has 2 atom stereocenters. The minimum atomic E-state index is -0.544. The van der Waals surface area contributed by atoms with Crippen molar-refractivity contribution < 1.29 is 14.6 Å². The molecular weight excluding hydrogens is 244 g/mol. The minimum absolute atomic E-state index is 0.176. The monoisotopic (exact) mass is 272 g/mol. The molecule has 1 aliphatic heterocycles. The third-order valence-electron chi connectivity index (χ3n) is 3.07. The highest BCUT2D eigenvalue weighted by atomic mass is 16.6. The van der Waals surface area contributed by atoms with E-state index >= 15 is 0 Å². The lowest BCUT2D eigenvalue weighted by atomic mass is 9.98. The third-order valence-corrected chi connectivity index (χ3v) is 3.07. The summed E-state index contributed by atoms with van der Waals surface area (Å²) in [5.41, 5.74) is -0.510. The van der Waals surface area contributed by atoms with Crippen LogP contribution in [0.4, 0.5) is 4.79 Å². The van der Waals surface area contributed by atoms with Crippen molar-refractivity contribution in [3.8, 4) is 0 Å². The van der Waals surface area contributed by atoms with Gasteiger partial charge in [0.1, 0.15) is 5.60 Å². The molecule has 1 saturated heterocycles. The average Bonchev–Trinajstić information content (AvgIpc) is 2.39. The van der Waals surface area contributed by atoms with E-state index in [4.69, 9.17) is 4.74 Å². The number of nitrogens with zero attached hydrogens (tertiary/aromatic N) is 1. The molecule has 1 aliphatic rings. The molecule has 0 bridgehead atoms. The number of nitrogens with one attached hydrogen (secondary N) is 1. The Bertz CT molecular complexity index is 300. The second-order valence-corrected chi connectivity index (χ2v) is 6.64. The summed E-state index contributed by atoms with van der Waals surface area (Å²) in [6.07, 6.45) is -0.0967. The fourth-order valence-electron chi connectivity index (χ4n) is 2.27. The fraction of sp³-hybridized carbons (Fsp3) is 0.929. The molecule has 5 heteroatoms. The Kier molecular flexibility index (Phi) is 5.62. The molecule has 2 N–H and O–H groups in total. The zero-order valence-electron chi connectivity index (χ0n) is 12.8. The SMILES string of the molecule is CC(C)C[C@H]1[C@H](O)CNCCN1C(=O)OC(C)(C)C. The van der Waals surface area contributed by atoms with Gasteiger partial charge in [0.05, 0.1) is 12.1 Å². The van der Waals surface area contributed by atoms with Crippen molar-refractivity contribution in [3.05, 3.63) is 0 Å². The Hall–Kier alpha value is -0.810. The highest BCUT2D eigenvalue weighted by Gasteiger charge is 2.34. The van der Waals surface area contributed by atoms with Gasteiger partial charge in [0, 0.05) is 19.6 Å². The van der Waals surface area contributed by atoms with Crippen LogP contribution in [-0.2, 0) is 4.74 Å². The number of ether oxygens (including phenoxy) is 1. The number of hydrogen-bond acceptors (Lipinski definition) is 4. The van der Waals surface area contributed by atoms with Crippen LogP contribution in [0.3, 0.4) is 0 Å². The van der Waals surface area contributed by atoms with Gasteiger partial charge in [0.15, 0.2) is 0 Å². The summed E-state index contributed by atoms with van der Waals surface area (Å²) in [5, 5.41) is 13.4. The van der Waals surface area contributed by atoms with E-state index in [0.717, 1.165) is 6.42 Å². The van der Waals surface area contributed by atoms with Gasteiger partial charge in [-0.3, -0.25) is 0 Å². The summed E-state index contributed by atoms with van der Waals surface area (Å²) in [6.45, 7) is 11.5. The Labute approximate surface area is 116 Å². The number of β-amino-alcohol motifs (C(OH)–C–C–N with tert-alkyl or cyclic N) is 1. The Balaban J connectivity index is 2.81. The molecule has 0 spiro atoms. The van der Waals surface area contributed by atoms with Crippen LogP contribution in [0, 0.1) is 5.92 Å². The fourth-order valence-corrected chi connectivity index (χ4v) is 2.27. The maximum absolute atomic E-state index is 12.3. The molecule has 0 aliphatic carbocycles. The van der Waals surface area contributed by atoms with Crippen molar-refractivity contribution in [2.75, 3.05) is 19.6 Å². The zero-order valence-corrected chi connectivity index (χ0v) is 12.8. The first-order valence-electron chi connectivity index (χ1n) is 7.09. The van der Waals surface area contributed by atoms with Gasteiger partial charge in [-0.15, -0.1) is 0 Å². The average molecular weight is 272 g/mol. The summed E-state index contributed by atoms with van der Waals surface area (Å²) in [4.78, 5) is 13.9. The van der Waals surface area contributed by atoms with E-state index in [1.54, 1.807) is 4.90 Å². The maximum Gasteiger partial charge on any atom is 0.410 e. The summed E-state index contributed by atoms with van der Waals surface area (Å²) >= 11 is 0. The number of carbonyl (C=O) groups excluding carboxylic acids is 1. The first-order chi connectivity index (χ1) is 8.70. The first kappa shape index (κ1) is 16.2. The predicted octanol–water partition coefficient (Wildman–Crippen LogP) is 1.60. The zero-order chi connectivity index (χ0) is 14.6. The van der Waals surface area contributed by atoms with Crippen molar-refractivity contribution in [2.45, 2.75) is 58.8 Å². The molecule has 0 aromatic rings. The molecule has 0 aromatic heterocycles. The normalized spacial score (nSPS) is 25.3. The molecular formula is C14H28N2O3. The Morgan fingerprint density at radius 3 is 2.63 bits per heavy atom. The topological polar surface area (TPSA) is 61.8 Å². The lowest BCUT2D eigenvalue weighted by molar-refractivity contribution is -0.00326.